The first-order valence-electron chi connectivity index (χ1n) is 10.2. The zero-order valence-corrected chi connectivity index (χ0v) is 17.4. The molecule has 0 fully saturated rings. The molecule has 4 heteroatoms. The molecule has 1 aliphatic heterocycles. The van der Waals surface area contributed by atoms with Gasteiger partial charge in [0, 0.05) is 11.6 Å². The number of carbonyl (C=O) groups is 1. The highest BCUT2D eigenvalue weighted by molar-refractivity contribution is 5.96. The molecule has 0 spiro atoms. The van der Waals surface area contributed by atoms with Crippen molar-refractivity contribution in [1.29, 1.82) is 0 Å². The highest BCUT2D eigenvalue weighted by Gasteiger charge is 2.47. The van der Waals surface area contributed by atoms with E-state index in [4.69, 9.17) is 5.10 Å². The largest absolute Gasteiger partial charge is 0.338 e. The van der Waals surface area contributed by atoms with Crippen LogP contribution in [0.15, 0.2) is 65.8 Å². The molecule has 1 N–H and O–H groups in total. The number of benzene rings is 2. The van der Waals surface area contributed by atoms with E-state index in [0.29, 0.717) is 0 Å². The van der Waals surface area contributed by atoms with Crippen LogP contribution in [-0.2, 0) is 0 Å². The Morgan fingerprint density at radius 1 is 1.11 bits per heavy atom. The van der Waals surface area contributed by atoms with Crippen molar-refractivity contribution in [2.45, 2.75) is 64.5 Å². The quantitative estimate of drug-likeness (QED) is 0.671. The summed E-state index contributed by atoms with van der Waals surface area (Å²) in [4.78, 5) is 13.1. The maximum atomic E-state index is 13.1. The van der Waals surface area contributed by atoms with Crippen molar-refractivity contribution in [3.8, 4) is 0 Å². The summed E-state index contributed by atoms with van der Waals surface area (Å²) in [6.45, 7) is 8.41. The maximum Gasteiger partial charge on any atom is 0.338 e. The Morgan fingerprint density at radius 3 is 2.32 bits per heavy atom. The van der Waals surface area contributed by atoms with E-state index in [0.717, 1.165) is 30.5 Å². The average Bonchev–Trinajstić information content (AvgIpc) is 2.97. The minimum atomic E-state index is -0.426. The second kappa shape index (κ2) is 8.59. The standard InChI is InChI=1S/C24H31N3O/c1-5-6-17-21-22(20-15-11-8-12-16-20)24(3,4)27(26-21)23(28)25-18(2)19-13-9-7-10-14-19/h7-16,18,22H,5-6,17H2,1-4H3,(H,25,28). The van der Waals surface area contributed by atoms with E-state index < -0.39 is 5.54 Å². The van der Waals surface area contributed by atoms with Gasteiger partial charge in [-0.15, -0.1) is 0 Å². The fraction of sp³-hybridized carbons (Fsp3) is 0.417. The molecule has 1 aliphatic rings. The summed E-state index contributed by atoms with van der Waals surface area (Å²) in [5.74, 6) is 0.109. The molecule has 3 rings (SSSR count). The van der Waals surface area contributed by atoms with Crippen LogP contribution in [0.25, 0.3) is 0 Å². The molecule has 2 amide bonds. The number of hydrogen-bond donors (Lipinski definition) is 1. The van der Waals surface area contributed by atoms with Crippen LogP contribution >= 0.6 is 0 Å². The number of hydrogen-bond acceptors (Lipinski definition) is 2. The SMILES string of the molecule is CCCCC1=NN(C(=O)NC(C)c2ccccc2)C(C)(C)C1c1ccccc1. The van der Waals surface area contributed by atoms with Crippen LogP contribution in [0.1, 0.15) is 70.0 Å². The van der Waals surface area contributed by atoms with Gasteiger partial charge in [0.15, 0.2) is 0 Å². The molecular formula is C24H31N3O. The Labute approximate surface area is 168 Å². The molecule has 0 aliphatic carbocycles. The van der Waals surface area contributed by atoms with E-state index in [1.165, 1.54) is 5.56 Å². The number of nitrogens with zero attached hydrogens (tertiary/aromatic N) is 2. The van der Waals surface area contributed by atoms with Crippen molar-refractivity contribution in [2.75, 3.05) is 0 Å². The fourth-order valence-electron chi connectivity index (χ4n) is 4.02. The van der Waals surface area contributed by atoms with Crippen molar-refractivity contribution in [3.63, 3.8) is 0 Å². The lowest BCUT2D eigenvalue weighted by Gasteiger charge is -2.35. The van der Waals surface area contributed by atoms with Gasteiger partial charge in [-0.05, 0) is 44.7 Å². The third-order valence-corrected chi connectivity index (χ3v) is 5.57. The Bertz CT molecular complexity index is 814. The number of rotatable bonds is 6. The number of urea groups is 1. The van der Waals surface area contributed by atoms with Crippen molar-refractivity contribution in [1.82, 2.24) is 10.3 Å². The molecule has 148 valence electrons. The van der Waals surface area contributed by atoms with Gasteiger partial charge in [-0.1, -0.05) is 74.0 Å². The van der Waals surface area contributed by atoms with Crippen molar-refractivity contribution < 1.29 is 4.79 Å². The number of unbranched alkanes of at least 4 members (excludes halogenated alkanes) is 1. The molecule has 2 aromatic rings. The molecule has 1 heterocycles. The van der Waals surface area contributed by atoms with Gasteiger partial charge < -0.3 is 5.32 Å². The van der Waals surface area contributed by atoms with E-state index in [1.54, 1.807) is 5.01 Å². The van der Waals surface area contributed by atoms with Gasteiger partial charge in [0.05, 0.1) is 11.6 Å². The molecule has 0 radical (unpaired) electrons. The lowest BCUT2D eigenvalue weighted by Crippen LogP contribution is -2.49. The van der Waals surface area contributed by atoms with Gasteiger partial charge >= 0.3 is 6.03 Å². The normalized spacial score (nSPS) is 19.2. The Hall–Kier alpha value is -2.62. The van der Waals surface area contributed by atoms with Crippen LogP contribution < -0.4 is 5.32 Å². The number of amides is 2. The van der Waals surface area contributed by atoms with E-state index in [2.05, 4.69) is 50.4 Å². The first kappa shape index (κ1) is 20.1. The third kappa shape index (κ3) is 4.11. The van der Waals surface area contributed by atoms with Gasteiger partial charge in [-0.2, -0.15) is 5.10 Å². The highest BCUT2D eigenvalue weighted by atomic mass is 16.2. The molecule has 0 saturated carbocycles. The van der Waals surface area contributed by atoms with Crippen LogP contribution in [0.2, 0.25) is 0 Å². The highest BCUT2D eigenvalue weighted by Crippen LogP contribution is 2.41. The van der Waals surface area contributed by atoms with Gasteiger partial charge in [-0.3, -0.25) is 0 Å². The fourth-order valence-corrected chi connectivity index (χ4v) is 4.02. The third-order valence-electron chi connectivity index (χ3n) is 5.57. The summed E-state index contributed by atoms with van der Waals surface area (Å²) in [7, 11) is 0. The molecule has 2 aromatic carbocycles. The zero-order chi connectivity index (χ0) is 20.1. The van der Waals surface area contributed by atoms with Crippen LogP contribution in [0.3, 0.4) is 0 Å². The van der Waals surface area contributed by atoms with Crippen molar-refractivity contribution >= 4 is 11.7 Å². The summed E-state index contributed by atoms with van der Waals surface area (Å²) in [6, 6.07) is 20.2. The van der Waals surface area contributed by atoms with Crippen LogP contribution in [0.4, 0.5) is 4.79 Å². The minimum absolute atomic E-state index is 0.0745. The lowest BCUT2D eigenvalue weighted by atomic mass is 9.78. The molecule has 0 saturated heterocycles. The van der Waals surface area contributed by atoms with Crippen LogP contribution in [0, 0.1) is 0 Å². The van der Waals surface area contributed by atoms with E-state index >= 15 is 0 Å². The molecule has 0 aromatic heterocycles. The molecule has 4 nitrogen and oxygen atoms in total. The molecule has 2 unspecified atom stereocenters. The van der Waals surface area contributed by atoms with E-state index in [1.807, 2.05) is 43.3 Å². The first-order chi connectivity index (χ1) is 13.4. The topological polar surface area (TPSA) is 44.7 Å². The average molecular weight is 378 g/mol. The number of hydrazone groups is 1. The first-order valence-corrected chi connectivity index (χ1v) is 10.2. The predicted octanol–water partition coefficient (Wildman–Crippen LogP) is 5.88. The van der Waals surface area contributed by atoms with Gasteiger partial charge in [-0.25, -0.2) is 9.80 Å². The van der Waals surface area contributed by atoms with Crippen molar-refractivity contribution in [3.05, 3.63) is 71.8 Å². The Morgan fingerprint density at radius 2 is 1.71 bits per heavy atom. The molecule has 2 atom stereocenters. The Kier molecular flexibility index (Phi) is 6.18. The van der Waals surface area contributed by atoms with E-state index in [9.17, 15) is 4.79 Å². The number of carbonyl (C=O) groups excluding carboxylic acids is 1. The summed E-state index contributed by atoms with van der Waals surface area (Å²) in [6.07, 6.45) is 3.10. The minimum Gasteiger partial charge on any atom is -0.330 e. The van der Waals surface area contributed by atoms with E-state index in [-0.39, 0.29) is 18.0 Å². The molecule has 28 heavy (non-hydrogen) atoms. The van der Waals surface area contributed by atoms with Crippen LogP contribution in [-0.4, -0.2) is 22.3 Å². The van der Waals surface area contributed by atoms with Crippen molar-refractivity contribution in [2.24, 2.45) is 5.10 Å². The second-order valence-corrected chi connectivity index (χ2v) is 8.09. The summed E-state index contributed by atoms with van der Waals surface area (Å²) in [5, 5.41) is 9.60. The maximum absolute atomic E-state index is 13.1. The number of nitrogens with one attached hydrogen (secondary N) is 1. The second-order valence-electron chi connectivity index (χ2n) is 8.09. The summed E-state index contributed by atoms with van der Waals surface area (Å²) < 4.78 is 0. The predicted molar refractivity (Wildman–Crippen MR) is 115 cm³/mol. The monoisotopic (exact) mass is 377 g/mol. The smallest absolute Gasteiger partial charge is 0.330 e. The van der Waals surface area contributed by atoms with Crippen LogP contribution in [0.5, 0.6) is 0 Å². The Balaban J connectivity index is 1.85. The zero-order valence-electron chi connectivity index (χ0n) is 17.4. The molecular weight excluding hydrogens is 346 g/mol. The summed E-state index contributed by atoms with van der Waals surface area (Å²) >= 11 is 0. The molecule has 0 bridgehead atoms. The van der Waals surface area contributed by atoms with Gasteiger partial charge in [0.2, 0.25) is 0 Å². The lowest BCUT2D eigenvalue weighted by molar-refractivity contribution is 0.144. The van der Waals surface area contributed by atoms with Gasteiger partial charge in [0.1, 0.15) is 0 Å². The van der Waals surface area contributed by atoms with Gasteiger partial charge in [0.25, 0.3) is 0 Å². The summed E-state index contributed by atoms with van der Waals surface area (Å²) in [5.41, 5.74) is 2.97.